The smallest absolute Gasteiger partial charge is 0.220 e. The van der Waals surface area contributed by atoms with Crippen molar-refractivity contribution in [2.45, 2.75) is 479 Å². The highest BCUT2D eigenvalue weighted by Crippen LogP contribution is 2.31. The van der Waals surface area contributed by atoms with Gasteiger partial charge < -0.3 is 65.1 Å². The second-order valence-corrected chi connectivity index (χ2v) is 31.0. The lowest BCUT2D eigenvalue weighted by Crippen LogP contribution is -2.65. The Kier molecular flexibility index (Phi) is 68.2. The number of aliphatic hydroxyl groups is 8. The van der Waals surface area contributed by atoms with E-state index in [0.717, 1.165) is 64.2 Å². The van der Waals surface area contributed by atoms with Gasteiger partial charge in [-0.15, -0.1) is 0 Å². The third kappa shape index (κ3) is 54.9. The third-order valence-corrected chi connectivity index (χ3v) is 21.5. The largest absolute Gasteiger partial charge is 0.394 e. The number of amides is 1. The molecule has 0 aromatic carbocycles. The van der Waals surface area contributed by atoms with Crippen LogP contribution >= 0.6 is 0 Å². The predicted molar refractivity (Wildman–Crippen MR) is 429 cm³/mol. The van der Waals surface area contributed by atoms with Crippen LogP contribution in [0.2, 0.25) is 0 Å². The maximum Gasteiger partial charge on any atom is 0.220 e. The second-order valence-electron chi connectivity index (χ2n) is 31.0. The number of nitrogens with one attached hydrogen (secondary N) is 1. The molecule has 0 radical (unpaired) electrons. The van der Waals surface area contributed by atoms with E-state index in [1.165, 1.54) is 315 Å². The summed E-state index contributed by atoms with van der Waals surface area (Å²) in [7, 11) is 0. The Morgan fingerprint density at radius 3 is 1.03 bits per heavy atom. The van der Waals surface area contributed by atoms with Gasteiger partial charge in [0.25, 0.3) is 0 Å². The van der Waals surface area contributed by atoms with E-state index in [1.807, 2.05) is 6.08 Å². The first-order valence-corrected chi connectivity index (χ1v) is 44.0. The summed E-state index contributed by atoms with van der Waals surface area (Å²) in [5.41, 5.74) is 0. The number of hydrogen-bond donors (Lipinski definition) is 9. The zero-order valence-electron chi connectivity index (χ0n) is 66.6. The van der Waals surface area contributed by atoms with Gasteiger partial charge in [-0.25, -0.2) is 0 Å². The van der Waals surface area contributed by atoms with E-state index >= 15 is 0 Å². The Morgan fingerprint density at radius 1 is 0.359 bits per heavy atom. The molecule has 12 atom stereocenters. The quantitative estimate of drug-likeness (QED) is 0.0204. The average molecular weight is 1460 g/mol. The summed E-state index contributed by atoms with van der Waals surface area (Å²) >= 11 is 0. The number of carbonyl (C=O) groups is 1. The monoisotopic (exact) mass is 1460 g/mol. The Hall–Kier alpha value is -2.31. The second kappa shape index (κ2) is 72.5. The first kappa shape index (κ1) is 96.8. The fourth-order valence-electron chi connectivity index (χ4n) is 14.6. The molecule has 0 bridgehead atoms. The Balaban J connectivity index is 1.55. The minimum Gasteiger partial charge on any atom is -0.394 e. The molecule has 0 aliphatic carbocycles. The van der Waals surface area contributed by atoms with Crippen molar-refractivity contribution in [1.82, 2.24) is 5.32 Å². The van der Waals surface area contributed by atoms with E-state index in [1.54, 1.807) is 6.08 Å². The van der Waals surface area contributed by atoms with Crippen LogP contribution in [-0.4, -0.2) is 140 Å². The fourth-order valence-corrected chi connectivity index (χ4v) is 14.6. The van der Waals surface area contributed by atoms with Gasteiger partial charge in [0.2, 0.25) is 5.91 Å². The number of allylic oxidation sites excluding steroid dienone is 9. The van der Waals surface area contributed by atoms with Crippen LogP contribution in [0.3, 0.4) is 0 Å². The lowest BCUT2D eigenvalue weighted by Gasteiger charge is -2.46. The third-order valence-electron chi connectivity index (χ3n) is 21.5. The Bertz CT molecular complexity index is 1960. The van der Waals surface area contributed by atoms with Crippen LogP contribution in [0.1, 0.15) is 406 Å². The highest BCUT2D eigenvalue weighted by Gasteiger charge is 2.51. The van der Waals surface area contributed by atoms with Gasteiger partial charge in [0.05, 0.1) is 32.0 Å². The molecule has 14 nitrogen and oxygen atoms in total. The van der Waals surface area contributed by atoms with Crippen LogP contribution in [0.25, 0.3) is 0 Å². The molecule has 2 fully saturated rings. The predicted octanol–water partition coefficient (Wildman–Crippen LogP) is 21.1. The maximum absolute atomic E-state index is 13.4. The molecular weight excluding hydrogens is 1290 g/mol. The molecule has 2 saturated heterocycles. The highest BCUT2D eigenvalue weighted by molar-refractivity contribution is 5.76. The minimum absolute atomic E-state index is 0.230. The van der Waals surface area contributed by atoms with E-state index in [-0.39, 0.29) is 18.9 Å². The van der Waals surface area contributed by atoms with Gasteiger partial charge in [0, 0.05) is 6.42 Å². The van der Waals surface area contributed by atoms with E-state index < -0.39 is 86.8 Å². The van der Waals surface area contributed by atoms with Crippen molar-refractivity contribution in [3.63, 3.8) is 0 Å². The number of hydrogen-bond acceptors (Lipinski definition) is 13. The zero-order chi connectivity index (χ0) is 74.4. The number of ether oxygens (including phenoxy) is 4. The number of unbranched alkanes of at least 4 members (excludes halogenated alkanes) is 54. The van der Waals surface area contributed by atoms with Crippen LogP contribution in [-0.2, 0) is 23.7 Å². The Morgan fingerprint density at radius 2 is 0.670 bits per heavy atom. The number of aliphatic hydroxyl groups excluding tert-OH is 8. The van der Waals surface area contributed by atoms with Crippen molar-refractivity contribution >= 4 is 5.91 Å². The van der Waals surface area contributed by atoms with Crippen molar-refractivity contribution in [2.24, 2.45) is 0 Å². The van der Waals surface area contributed by atoms with Gasteiger partial charge in [-0.05, 0) is 57.8 Å². The molecule has 2 aliphatic rings. The molecule has 9 N–H and O–H groups in total. The summed E-state index contributed by atoms with van der Waals surface area (Å²) in [5, 5.41) is 87.8. The van der Waals surface area contributed by atoms with Gasteiger partial charge >= 0.3 is 0 Å². The van der Waals surface area contributed by atoms with Gasteiger partial charge in [0.1, 0.15) is 48.8 Å². The molecule has 0 aromatic heterocycles. The fraction of sp³-hybridized carbons (Fsp3) is 0.876. The number of rotatable bonds is 75. The van der Waals surface area contributed by atoms with E-state index in [0.29, 0.717) is 6.42 Å². The molecule has 0 saturated carbocycles. The summed E-state index contributed by atoms with van der Waals surface area (Å²) in [6.45, 7) is 2.76. The molecule has 103 heavy (non-hydrogen) atoms. The van der Waals surface area contributed by atoms with Crippen molar-refractivity contribution in [3.8, 4) is 0 Å². The van der Waals surface area contributed by atoms with Crippen molar-refractivity contribution in [3.05, 3.63) is 60.8 Å². The minimum atomic E-state index is -1.79. The van der Waals surface area contributed by atoms with Crippen LogP contribution in [0.15, 0.2) is 60.8 Å². The van der Waals surface area contributed by atoms with Crippen LogP contribution in [0.5, 0.6) is 0 Å². The normalized spacial score (nSPS) is 21.8. The molecule has 1 amide bonds. The molecule has 0 aromatic rings. The summed E-state index contributed by atoms with van der Waals surface area (Å²) in [6.07, 6.45) is 83.4. The average Bonchev–Trinajstić information content (AvgIpc) is 0.791. The van der Waals surface area contributed by atoms with E-state index in [4.69, 9.17) is 18.9 Å². The Labute approximate surface area is 632 Å². The molecule has 2 heterocycles. The standard InChI is InChI=1S/C89H165NO13/c1-3-5-7-9-11-13-15-17-19-21-23-25-27-29-31-33-34-35-36-37-38-39-40-41-42-43-44-45-47-49-51-53-55-57-59-61-63-65-67-69-71-73-81(94)90-77(76-100-88-86(99)84(97)87(80(75-92)102-88)103-89-85(98)83(96)82(95)79(74-91)101-89)78(93)72-70-68-66-64-62-60-58-56-54-52-50-48-46-32-30-28-26-24-22-20-18-16-14-12-10-8-6-4-2/h5,7,11,13,17,19,23,25,70,72,77-80,82-89,91-93,95-99H,3-4,6,8-10,12,14-16,18,20-22,24,26-69,71,73-76H2,1-2H3,(H,90,94)/b7-5-,13-11-,19-17-,25-23-,72-70+. The van der Waals surface area contributed by atoms with Gasteiger partial charge in [-0.3, -0.25) is 4.79 Å². The van der Waals surface area contributed by atoms with E-state index in [2.05, 4.69) is 67.8 Å². The molecule has 2 aliphatic heterocycles. The molecule has 2 rings (SSSR count). The molecule has 604 valence electrons. The topological polar surface area (TPSA) is 228 Å². The first-order valence-electron chi connectivity index (χ1n) is 44.0. The van der Waals surface area contributed by atoms with Crippen LogP contribution < -0.4 is 5.32 Å². The van der Waals surface area contributed by atoms with E-state index in [9.17, 15) is 45.6 Å². The maximum atomic E-state index is 13.4. The summed E-state index contributed by atoms with van der Waals surface area (Å²) < 4.78 is 23.0. The SMILES string of the molecule is CC/C=C\C/C=C\C/C=C\C/C=C\CCCCCCCCCCCCCCCCCCCCCCCCCCCCCCC(=O)NC(COC1OC(CO)C(OC2OC(CO)C(O)C(O)C2O)C(O)C1O)C(O)/C=C/CCCCCCCCCCCCCCCCCCCCCCCCCCCC. The van der Waals surface area contributed by atoms with Crippen molar-refractivity contribution in [1.29, 1.82) is 0 Å². The molecule has 0 spiro atoms. The van der Waals surface area contributed by atoms with Gasteiger partial charge in [-0.2, -0.15) is 0 Å². The molecule has 14 heteroatoms. The highest BCUT2D eigenvalue weighted by atomic mass is 16.7. The van der Waals surface area contributed by atoms with Crippen LogP contribution in [0.4, 0.5) is 0 Å². The number of carbonyl (C=O) groups excluding carboxylic acids is 1. The van der Waals surface area contributed by atoms with Crippen molar-refractivity contribution in [2.75, 3.05) is 19.8 Å². The van der Waals surface area contributed by atoms with Crippen LogP contribution in [0, 0.1) is 0 Å². The molecule has 12 unspecified atom stereocenters. The summed E-state index contributed by atoms with van der Waals surface area (Å²) in [6, 6.07) is -0.916. The first-order chi connectivity index (χ1) is 50.6. The lowest BCUT2D eigenvalue weighted by molar-refractivity contribution is -0.359. The summed E-state index contributed by atoms with van der Waals surface area (Å²) in [4.78, 5) is 13.4. The van der Waals surface area contributed by atoms with Gasteiger partial charge in [-0.1, -0.05) is 402 Å². The van der Waals surface area contributed by atoms with Crippen molar-refractivity contribution < 1.29 is 64.6 Å². The summed E-state index contributed by atoms with van der Waals surface area (Å²) in [5.74, 6) is -0.230. The lowest BCUT2D eigenvalue weighted by atomic mass is 9.97. The zero-order valence-corrected chi connectivity index (χ0v) is 66.6. The van der Waals surface area contributed by atoms with Gasteiger partial charge in [0.15, 0.2) is 12.6 Å². The molecular formula is C89H165NO13.